The van der Waals surface area contributed by atoms with Crippen LogP contribution in [-0.4, -0.2) is 177 Å². The topological polar surface area (TPSA) is 268 Å². The summed E-state index contributed by atoms with van der Waals surface area (Å²) >= 11 is 0. The molecule has 0 amide bonds. The average molecular weight is 969 g/mol. The van der Waals surface area contributed by atoms with Crippen molar-refractivity contribution in [2.45, 2.75) is 235 Å². The number of aliphatic hydroxyl groups excluding tert-OH is 6. The minimum absolute atomic E-state index is 0.0126. The van der Waals surface area contributed by atoms with Crippen molar-refractivity contribution >= 4 is 11.9 Å². The van der Waals surface area contributed by atoms with Crippen LogP contribution in [0.3, 0.4) is 0 Å². The largest absolute Gasteiger partial charge is 0.459 e. The molecule has 25 atom stereocenters. The highest BCUT2D eigenvalue weighted by molar-refractivity contribution is 5.85. The van der Waals surface area contributed by atoms with Gasteiger partial charge in [-0.3, -0.25) is 4.79 Å². The van der Waals surface area contributed by atoms with E-state index < -0.39 is 123 Å². The Bertz CT molecular complexity index is 1810. The van der Waals surface area contributed by atoms with E-state index in [-0.39, 0.29) is 54.0 Å². The van der Waals surface area contributed by atoms with Crippen LogP contribution in [0.2, 0.25) is 0 Å². The standard InChI is InChI=1S/C49H76O19/c1-22-43(66-38-18-33(53)44(23(2)61-38)67-39-19-34(63-25(4)51)45(24(3)62-39)68-46-42(57)41(56)40(55)35(20-50)65-46)32(52)17-37(60-22)64-28-9-12-47(5)27(16-28)7-8-31-30(47)10-13-48(6)29(11-14-49(31,48)58)26-15-36(54)59-21-26/h15,22-24,27-35,37-46,50,52-53,55-58H,7-14,16-21H2,1-6H3/t22-,23-,24-,27+,28+,29-,30-,31+,32+,33+,34+,35+,37+,38-,39+,40+,41-,42+,43-,44+,45-,46-,47+,48-,49+/m1/s1. The van der Waals surface area contributed by atoms with Gasteiger partial charge in [0.15, 0.2) is 25.2 Å². The Labute approximate surface area is 398 Å². The summed E-state index contributed by atoms with van der Waals surface area (Å²) < 4.78 is 60.2. The van der Waals surface area contributed by atoms with Crippen LogP contribution in [0, 0.1) is 34.5 Å². The van der Waals surface area contributed by atoms with Gasteiger partial charge in [0.05, 0.1) is 48.8 Å². The number of hydrogen-bond acceptors (Lipinski definition) is 19. The number of carbonyl (C=O) groups excluding carboxylic acids is 2. The fraction of sp³-hybridized carbons (Fsp3) is 0.918. The molecule has 386 valence electrons. The van der Waals surface area contributed by atoms with Crippen molar-refractivity contribution in [2.24, 2.45) is 34.5 Å². The van der Waals surface area contributed by atoms with Crippen molar-refractivity contribution in [2.75, 3.05) is 13.2 Å². The Morgan fingerprint density at radius 3 is 1.94 bits per heavy atom. The van der Waals surface area contributed by atoms with E-state index in [2.05, 4.69) is 13.8 Å². The number of rotatable bonds is 11. The van der Waals surface area contributed by atoms with Crippen LogP contribution in [0.4, 0.5) is 0 Å². The van der Waals surface area contributed by atoms with E-state index in [1.807, 2.05) is 6.92 Å². The first-order valence-corrected chi connectivity index (χ1v) is 25.2. The van der Waals surface area contributed by atoms with E-state index in [4.69, 9.17) is 47.4 Å². The molecule has 0 spiro atoms. The lowest BCUT2D eigenvalue weighted by molar-refractivity contribution is -0.355. The predicted molar refractivity (Wildman–Crippen MR) is 233 cm³/mol. The first-order chi connectivity index (χ1) is 32.2. The molecule has 19 nitrogen and oxygen atoms in total. The molecule has 68 heavy (non-hydrogen) atoms. The van der Waals surface area contributed by atoms with Gasteiger partial charge in [0.1, 0.15) is 55.4 Å². The summed E-state index contributed by atoms with van der Waals surface area (Å²) in [5, 5.41) is 76.1. The van der Waals surface area contributed by atoms with Crippen LogP contribution in [0.5, 0.6) is 0 Å². The number of esters is 2. The van der Waals surface area contributed by atoms with Gasteiger partial charge in [-0.05, 0) is 113 Å². The molecule has 0 radical (unpaired) electrons. The zero-order valence-corrected chi connectivity index (χ0v) is 40.2. The Balaban J connectivity index is 0.746. The predicted octanol–water partition coefficient (Wildman–Crippen LogP) is 1.64. The van der Waals surface area contributed by atoms with Gasteiger partial charge in [0.25, 0.3) is 0 Å². The van der Waals surface area contributed by atoms with Crippen molar-refractivity contribution in [3.05, 3.63) is 11.6 Å². The van der Waals surface area contributed by atoms with Gasteiger partial charge in [0, 0.05) is 37.7 Å². The Kier molecular flexibility index (Phi) is 14.9. The number of hydrogen-bond donors (Lipinski definition) is 7. The first-order valence-electron chi connectivity index (χ1n) is 25.2. The molecular weight excluding hydrogens is 893 g/mol. The van der Waals surface area contributed by atoms with Crippen LogP contribution in [0.1, 0.15) is 119 Å². The molecule has 4 saturated heterocycles. The normalized spacial score (nSPS) is 52.8. The molecule has 7 N–H and O–H groups in total. The highest BCUT2D eigenvalue weighted by Crippen LogP contribution is 2.70. The minimum atomic E-state index is -1.68. The SMILES string of the molecule is CC(=O)O[C@H]1C[C@H](O[C@@H]2[C@@H](O)C[C@@H](O[C@H]3[C@@H](O)C[C@H](O[C@H]4CC[C@@]5(C)[C@@H](CC[C@H]6[C@H]5CC[C@]5(C)[C@@H](C7=CC(=O)OC7)CC[C@]65O)C4)O[C@@H]3C)O[C@@H]2C)O[C@H](C)[C@H]1O[C@H]1O[C@@H](CO)[C@H](O)[C@@H](O)[C@@H]1O. The van der Waals surface area contributed by atoms with Crippen LogP contribution in [-0.2, 0) is 57.0 Å². The zero-order valence-electron chi connectivity index (χ0n) is 40.2. The fourth-order valence-corrected chi connectivity index (χ4v) is 14.6. The molecule has 9 rings (SSSR count). The van der Waals surface area contributed by atoms with Crippen molar-refractivity contribution in [1.82, 2.24) is 0 Å². The number of ether oxygens (including phenoxy) is 10. The molecule has 5 heterocycles. The maximum atomic E-state index is 12.6. The van der Waals surface area contributed by atoms with Crippen molar-refractivity contribution in [3.8, 4) is 0 Å². The average Bonchev–Trinajstić information content (AvgIpc) is 3.83. The van der Waals surface area contributed by atoms with Crippen molar-refractivity contribution in [1.29, 1.82) is 0 Å². The van der Waals surface area contributed by atoms with Gasteiger partial charge in [-0.2, -0.15) is 0 Å². The summed E-state index contributed by atoms with van der Waals surface area (Å²) in [7, 11) is 0. The van der Waals surface area contributed by atoms with E-state index in [9.17, 15) is 45.3 Å². The lowest BCUT2D eigenvalue weighted by Crippen LogP contribution is -2.62. The minimum Gasteiger partial charge on any atom is -0.459 e. The van der Waals surface area contributed by atoms with Gasteiger partial charge in [-0.15, -0.1) is 0 Å². The monoisotopic (exact) mass is 968 g/mol. The molecule has 0 bridgehead atoms. The van der Waals surface area contributed by atoms with E-state index in [0.717, 1.165) is 63.4 Å². The summed E-state index contributed by atoms with van der Waals surface area (Å²) in [6, 6.07) is 0. The molecule has 5 aliphatic heterocycles. The Hall–Kier alpha value is -1.92. The molecular formula is C49H76O19. The second-order valence-corrected chi connectivity index (χ2v) is 22.1. The number of carbonyl (C=O) groups is 2. The number of cyclic esters (lactones) is 1. The van der Waals surface area contributed by atoms with Gasteiger partial charge in [-0.25, -0.2) is 4.79 Å². The summed E-state index contributed by atoms with van der Waals surface area (Å²) in [6.07, 6.45) is -7.65. The van der Waals surface area contributed by atoms with Gasteiger partial charge in [-0.1, -0.05) is 13.8 Å². The summed E-state index contributed by atoms with van der Waals surface area (Å²) in [6.45, 7) is 10.8. The highest BCUT2D eigenvalue weighted by Gasteiger charge is 2.68. The summed E-state index contributed by atoms with van der Waals surface area (Å²) in [5.41, 5.74) is 0.0925. The lowest BCUT2D eigenvalue weighted by atomic mass is 9.43. The molecule has 0 unspecified atom stereocenters. The van der Waals surface area contributed by atoms with E-state index in [1.54, 1.807) is 19.9 Å². The van der Waals surface area contributed by atoms with Crippen LogP contribution >= 0.6 is 0 Å². The van der Waals surface area contributed by atoms with Crippen molar-refractivity contribution < 1.29 is 92.7 Å². The summed E-state index contributed by atoms with van der Waals surface area (Å²) in [4.78, 5) is 24.2. The molecule has 0 aromatic carbocycles. The lowest BCUT2D eigenvalue weighted by Gasteiger charge is -2.64. The zero-order chi connectivity index (χ0) is 48.6. The highest BCUT2D eigenvalue weighted by atomic mass is 16.8. The van der Waals surface area contributed by atoms with Gasteiger partial charge < -0.3 is 83.1 Å². The van der Waals surface area contributed by atoms with Crippen LogP contribution in [0.25, 0.3) is 0 Å². The smallest absolute Gasteiger partial charge is 0.331 e. The molecule has 4 saturated carbocycles. The van der Waals surface area contributed by atoms with Crippen molar-refractivity contribution in [3.63, 3.8) is 0 Å². The maximum absolute atomic E-state index is 12.6. The maximum Gasteiger partial charge on any atom is 0.331 e. The molecule has 4 aliphatic carbocycles. The van der Waals surface area contributed by atoms with E-state index >= 15 is 0 Å². The third kappa shape index (κ3) is 9.36. The molecule has 19 heteroatoms. The fourth-order valence-electron chi connectivity index (χ4n) is 14.6. The molecule has 0 aromatic heterocycles. The van der Waals surface area contributed by atoms with E-state index in [0.29, 0.717) is 18.4 Å². The third-order valence-corrected chi connectivity index (χ3v) is 18.3. The summed E-state index contributed by atoms with van der Waals surface area (Å²) in [5.74, 6) is 0.357. The molecule has 8 fully saturated rings. The second kappa shape index (κ2) is 19.8. The second-order valence-electron chi connectivity index (χ2n) is 22.1. The third-order valence-electron chi connectivity index (χ3n) is 18.3. The number of aliphatic hydroxyl groups is 7. The van der Waals surface area contributed by atoms with Crippen LogP contribution < -0.4 is 0 Å². The molecule has 9 aliphatic rings. The van der Waals surface area contributed by atoms with Gasteiger partial charge >= 0.3 is 11.9 Å². The van der Waals surface area contributed by atoms with E-state index in [1.165, 1.54) is 6.92 Å². The number of fused-ring (bicyclic) bond motifs is 5. The quantitative estimate of drug-likeness (QED) is 0.115. The van der Waals surface area contributed by atoms with Gasteiger partial charge in [0.2, 0.25) is 0 Å². The Morgan fingerprint density at radius 2 is 1.34 bits per heavy atom. The van der Waals surface area contributed by atoms with Crippen LogP contribution in [0.15, 0.2) is 11.6 Å². The molecule has 0 aromatic rings. The first kappa shape index (κ1) is 51.0. The Morgan fingerprint density at radius 1 is 0.706 bits per heavy atom.